The monoisotopic (exact) mass is 571 g/mol. The quantitative estimate of drug-likeness (QED) is 0.217. The first-order valence-electron chi connectivity index (χ1n) is 7.86. The minimum absolute atomic E-state index is 0.154. The predicted octanol–water partition coefficient (Wildman–Crippen LogP) is 5.59. The van der Waals surface area contributed by atoms with Crippen molar-refractivity contribution in [3.63, 3.8) is 0 Å². The molecule has 0 spiro atoms. The van der Waals surface area contributed by atoms with E-state index in [-0.39, 0.29) is 12.5 Å². The lowest BCUT2D eigenvalue weighted by atomic mass is 9.89. The van der Waals surface area contributed by atoms with E-state index in [0.717, 1.165) is 12.2 Å². The van der Waals surface area contributed by atoms with Crippen LogP contribution in [0.3, 0.4) is 0 Å². The summed E-state index contributed by atoms with van der Waals surface area (Å²) in [6, 6.07) is 0. The third-order valence-corrected chi connectivity index (χ3v) is 4.97. The van der Waals surface area contributed by atoms with Gasteiger partial charge in [-0.2, -0.15) is 48.3 Å². The van der Waals surface area contributed by atoms with E-state index in [1.54, 1.807) is 0 Å². The molecule has 0 saturated carbocycles. The summed E-state index contributed by atoms with van der Waals surface area (Å²) in [7, 11) is 0. The van der Waals surface area contributed by atoms with Gasteiger partial charge in [0.1, 0.15) is 0 Å². The molecule has 0 aliphatic heterocycles. The van der Waals surface area contributed by atoms with Crippen LogP contribution in [-0.4, -0.2) is 35.8 Å². The summed E-state index contributed by atoms with van der Waals surface area (Å²) in [6.45, 7) is 0. The fraction of sp³-hybridized carbons (Fsp3) is 0.562. The third-order valence-electron chi connectivity index (χ3n) is 4.00. The van der Waals surface area contributed by atoms with Gasteiger partial charge in [0, 0.05) is 16.1 Å². The molecule has 0 bridgehead atoms. The van der Waals surface area contributed by atoms with Crippen molar-refractivity contribution in [2.75, 3.05) is 0 Å². The van der Waals surface area contributed by atoms with E-state index in [1.807, 2.05) is 0 Å². The summed E-state index contributed by atoms with van der Waals surface area (Å²) in [6.07, 6.45) is -8.74. The van der Waals surface area contributed by atoms with Gasteiger partial charge in [-0.1, -0.05) is 12.2 Å². The maximum Gasteiger partial charge on any atom is 0.459 e. The number of rotatable bonds is 8. The Labute approximate surface area is 175 Å². The van der Waals surface area contributed by atoms with Crippen molar-refractivity contribution in [2.24, 2.45) is 0 Å². The summed E-state index contributed by atoms with van der Waals surface area (Å²) in [5, 5.41) is 11.0. The highest BCUT2D eigenvalue weighted by Crippen LogP contribution is 2.50. The molecule has 0 saturated heterocycles. The molecule has 1 aliphatic carbocycles. The van der Waals surface area contributed by atoms with Crippen molar-refractivity contribution in [3.8, 4) is 0 Å². The summed E-state index contributed by atoms with van der Waals surface area (Å²) in [5.41, 5.74) is -2.66. The molecule has 172 valence electrons. The van der Waals surface area contributed by atoms with Crippen molar-refractivity contribution in [1.82, 2.24) is 0 Å². The smallest absolute Gasteiger partial charge is 0.459 e. The SMILES string of the molecule is O=C([O-])C1=C(CCC=CCCC(F)(F)C(F)(F)C(F)(F)F)C(I)=CC(F)(F)C1(F)F. The summed E-state index contributed by atoms with van der Waals surface area (Å²) < 4.78 is 141. The Morgan fingerprint density at radius 1 is 1.00 bits per heavy atom. The lowest BCUT2D eigenvalue weighted by molar-refractivity contribution is -0.355. The highest BCUT2D eigenvalue weighted by molar-refractivity contribution is 14.1. The van der Waals surface area contributed by atoms with Crippen molar-refractivity contribution in [3.05, 3.63) is 33.0 Å². The number of hydrogen-bond acceptors (Lipinski definition) is 2. The minimum Gasteiger partial charge on any atom is -0.545 e. The molecule has 0 N–H and O–H groups in total. The fourth-order valence-corrected chi connectivity index (χ4v) is 3.33. The maximum absolute atomic E-state index is 13.7. The van der Waals surface area contributed by atoms with Crippen LogP contribution in [0.25, 0.3) is 0 Å². The third kappa shape index (κ3) is 5.10. The number of hydrogen-bond donors (Lipinski definition) is 0. The Morgan fingerprint density at radius 2 is 1.50 bits per heavy atom. The minimum atomic E-state index is -6.47. The molecule has 1 rings (SSSR count). The Kier molecular flexibility index (Phi) is 7.69. The van der Waals surface area contributed by atoms with Crippen LogP contribution >= 0.6 is 22.6 Å². The zero-order valence-corrected chi connectivity index (χ0v) is 16.6. The normalized spacial score (nSPS) is 19.9. The van der Waals surface area contributed by atoms with E-state index in [2.05, 4.69) is 0 Å². The number of carbonyl (C=O) groups is 1. The average Bonchev–Trinajstić information content (AvgIpc) is 2.53. The Hall–Kier alpha value is -1.35. The van der Waals surface area contributed by atoms with Gasteiger partial charge in [-0.25, -0.2) is 0 Å². The van der Waals surface area contributed by atoms with Crippen LogP contribution in [0.15, 0.2) is 33.0 Å². The lowest BCUT2D eigenvalue weighted by Crippen LogP contribution is -2.51. The number of carboxylic acids is 1. The van der Waals surface area contributed by atoms with Crippen LogP contribution in [0, 0.1) is 0 Å². The molecule has 0 aromatic heterocycles. The first-order chi connectivity index (χ1) is 13.3. The van der Waals surface area contributed by atoms with Gasteiger partial charge in [0.2, 0.25) is 0 Å². The van der Waals surface area contributed by atoms with Gasteiger partial charge in [0.05, 0.1) is 11.5 Å². The first-order valence-corrected chi connectivity index (χ1v) is 8.94. The topological polar surface area (TPSA) is 40.1 Å². The van der Waals surface area contributed by atoms with E-state index in [0.29, 0.717) is 0 Å². The van der Waals surface area contributed by atoms with Crippen LogP contribution < -0.4 is 5.11 Å². The molecule has 0 atom stereocenters. The predicted molar refractivity (Wildman–Crippen MR) is 87.6 cm³/mol. The number of aliphatic carboxylic acids is 1. The molecule has 0 radical (unpaired) electrons. The second-order valence-electron chi connectivity index (χ2n) is 6.16. The van der Waals surface area contributed by atoms with E-state index in [9.17, 15) is 58.2 Å². The Morgan fingerprint density at radius 3 is 1.97 bits per heavy atom. The molecule has 2 nitrogen and oxygen atoms in total. The van der Waals surface area contributed by atoms with E-state index in [4.69, 9.17) is 0 Å². The first kappa shape index (κ1) is 26.7. The molecule has 0 heterocycles. The van der Waals surface area contributed by atoms with Crippen molar-refractivity contribution < 1.29 is 58.2 Å². The summed E-state index contributed by atoms with van der Waals surface area (Å²) in [5.74, 6) is -24.1. The van der Waals surface area contributed by atoms with Crippen molar-refractivity contribution in [2.45, 2.75) is 55.5 Å². The molecule has 0 aromatic rings. The lowest BCUT2D eigenvalue weighted by Gasteiger charge is -2.33. The molecule has 14 heteroatoms. The number of allylic oxidation sites excluding steroid dienone is 5. The molecule has 0 unspecified atom stereocenters. The van der Waals surface area contributed by atoms with Gasteiger partial charge in [-0.15, -0.1) is 0 Å². The number of halogens is 12. The van der Waals surface area contributed by atoms with Gasteiger partial charge < -0.3 is 9.90 Å². The second kappa shape index (κ2) is 8.65. The van der Waals surface area contributed by atoms with Gasteiger partial charge in [-0.05, 0) is 47.4 Å². The highest BCUT2D eigenvalue weighted by Gasteiger charge is 2.72. The Balaban J connectivity index is 2.85. The molecule has 1 aliphatic rings. The largest absolute Gasteiger partial charge is 0.545 e. The summed E-state index contributed by atoms with van der Waals surface area (Å²) in [4.78, 5) is 11.0. The van der Waals surface area contributed by atoms with Crippen LogP contribution in [0.2, 0.25) is 0 Å². The Bertz CT molecular complexity index is 764. The highest BCUT2D eigenvalue weighted by atomic mass is 127. The van der Waals surface area contributed by atoms with Crippen molar-refractivity contribution in [1.29, 1.82) is 0 Å². The second-order valence-corrected chi connectivity index (χ2v) is 7.32. The van der Waals surface area contributed by atoms with Gasteiger partial charge >= 0.3 is 29.9 Å². The number of alkyl halides is 11. The number of carbonyl (C=O) groups excluding carboxylic acids is 1. The van der Waals surface area contributed by atoms with Crippen LogP contribution in [0.5, 0.6) is 0 Å². The molecule has 0 aromatic carbocycles. The standard InChI is InChI=1S/C16H12F11IO2/c17-12(18,15(23,24)16(25,26)27)6-4-2-1-3-5-8-9(28)7-13(19,20)14(21,22)10(8)11(29)30/h1-2,7H,3-6H2,(H,29,30)/p-1. The van der Waals surface area contributed by atoms with Gasteiger partial charge in [0.25, 0.3) is 0 Å². The van der Waals surface area contributed by atoms with E-state index < -0.39 is 69.8 Å². The van der Waals surface area contributed by atoms with Crippen LogP contribution in [0.4, 0.5) is 48.3 Å². The molecular weight excluding hydrogens is 560 g/mol. The molecule has 0 amide bonds. The van der Waals surface area contributed by atoms with Gasteiger partial charge in [-0.3, -0.25) is 0 Å². The average molecular weight is 571 g/mol. The van der Waals surface area contributed by atoms with Crippen LogP contribution in [-0.2, 0) is 4.79 Å². The summed E-state index contributed by atoms with van der Waals surface area (Å²) >= 11 is 1.19. The van der Waals surface area contributed by atoms with Crippen molar-refractivity contribution >= 4 is 28.6 Å². The maximum atomic E-state index is 13.7. The van der Waals surface area contributed by atoms with Crippen LogP contribution in [0.1, 0.15) is 25.7 Å². The molecular formula is C16H11F11IO2-. The molecule has 0 fully saturated rings. The zero-order valence-electron chi connectivity index (χ0n) is 14.4. The molecule has 30 heavy (non-hydrogen) atoms. The zero-order chi connectivity index (χ0) is 23.8. The number of carboxylic acid groups (broad SMARTS) is 1. The fourth-order valence-electron chi connectivity index (χ4n) is 2.40. The van der Waals surface area contributed by atoms with E-state index in [1.165, 1.54) is 22.6 Å². The van der Waals surface area contributed by atoms with E-state index >= 15 is 0 Å². The van der Waals surface area contributed by atoms with Gasteiger partial charge in [0.15, 0.2) is 0 Å².